The van der Waals surface area contributed by atoms with E-state index >= 15 is 0 Å². The van der Waals surface area contributed by atoms with Gasteiger partial charge in [0.15, 0.2) is 6.10 Å². The minimum atomic E-state index is -0.972. The van der Waals surface area contributed by atoms with Gasteiger partial charge >= 0.3 is 5.97 Å². The van der Waals surface area contributed by atoms with Crippen LogP contribution in [0.5, 0.6) is 5.75 Å². The summed E-state index contributed by atoms with van der Waals surface area (Å²) in [5.74, 6) is 6.02. The minimum Gasteiger partial charge on any atom is -0.494 e. The van der Waals surface area contributed by atoms with Gasteiger partial charge in [0.2, 0.25) is 0 Å². The van der Waals surface area contributed by atoms with Crippen LogP contribution in [0.15, 0.2) is 84.0 Å². The molecule has 1 atom stereocenters. The number of aliphatic carboxylic acids is 1. The van der Waals surface area contributed by atoms with Gasteiger partial charge < -0.3 is 19.8 Å². The van der Waals surface area contributed by atoms with Crippen LogP contribution in [-0.2, 0) is 16.0 Å². The lowest BCUT2D eigenvalue weighted by molar-refractivity contribution is -0.148. The van der Waals surface area contributed by atoms with E-state index in [2.05, 4.69) is 17.0 Å². The first-order valence-corrected chi connectivity index (χ1v) is 10.9. The topological polar surface area (TPSA) is 88.4 Å². The maximum Gasteiger partial charge on any atom is 0.333 e. The Morgan fingerprint density at radius 2 is 1.65 bits per heavy atom. The molecule has 0 radical (unpaired) electrons. The number of methoxy groups -OCH3 is 1. The fourth-order valence-electron chi connectivity index (χ4n) is 3.31. The number of carboxylic acids is 1. The predicted molar refractivity (Wildman–Crippen MR) is 130 cm³/mol. The summed E-state index contributed by atoms with van der Waals surface area (Å²) < 4.78 is 10.8. The molecule has 3 aromatic rings. The van der Waals surface area contributed by atoms with Gasteiger partial charge in [-0.15, -0.1) is 0 Å². The summed E-state index contributed by atoms with van der Waals surface area (Å²) in [4.78, 5) is 11.1. The number of oxime groups is 1. The highest BCUT2D eigenvalue weighted by Crippen LogP contribution is 2.16. The molecule has 3 aromatic carbocycles. The first-order chi connectivity index (χ1) is 16.6. The monoisotopic (exact) mass is 457 g/mol. The molecule has 0 saturated heterocycles. The number of ether oxygens (including phenoxy) is 2. The molecule has 0 amide bonds. The second-order valence-electron chi connectivity index (χ2n) is 7.56. The Balaban J connectivity index is 1.43. The Labute approximate surface area is 199 Å². The second kappa shape index (κ2) is 12.8. The van der Waals surface area contributed by atoms with Crippen molar-refractivity contribution in [1.29, 1.82) is 0 Å². The maximum atomic E-state index is 11.1. The molecular formula is C28H27NO5. The Morgan fingerprint density at radius 1 is 0.971 bits per heavy atom. The van der Waals surface area contributed by atoms with Crippen LogP contribution in [0.4, 0.5) is 0 Å². The standard InChI is InChI=1S/C28H27NO5/c1-33-26(28(30)31)20-22-13-11-21(12-14-22)8-4-3-7-19-34-25-17-15-24(16-18-25)27(29-32)23-9-5-2-6-10-23/h2,5-6,9-18,26,32H,3,7,19-20H2,1H3,(H,30,31)/b29-27+/t26-/m0/s1. The van der Waals surface area contributed by atoms with E-state index in [1.54, 1.807) is 0 Å². The quantitative estimate of drug-likeness (QED) is 0.151. The van der Waals surface area contributed by atoms with Crippen LogP contribution in [0.25, 0.3) is 0 Å². The zero-order valence-electron chi connectivity index (χ0n) is 19.0. The van der Waals surface area contributed by atoms with Gasteiger partial charge in [-0.05, 0) is 48.4 Å². The minimum absolute atomic E-state index is 0.318. The van der Waals surface area contributed by atoms with E-state index in [1.165, 1.54) is 7.11 Å². The lowest BCUT2D eigenvalue weighted by Crippen LogP contribution is -2.24. The van der Waals surface area contributed by atoms with Gasteiger partial charge in [0, 0.05) is 36.6 Å². The molecule has 0 aromatic heterocycles. The zero-order chi connectivity index (χ0) is 24.2. The van der Waals surface area contributed by atoms with E-state index in [9.17, 15) is 10.0 Å². The third-order valence-corrected chi connectivity index (χ3v) is 5.16. The largest absolute Gasteiger partial charge is 0.494 e. The van der Waals surface area contributed by atoms with Crippen molar-refractivity contribution in [3.05, 3.63) is 101 Å². The summed E-state index contributed by atoms with van der Waals surface area (Å²) in [6, 6.07) is 24.5. The number of carbonyl (C=O) groups is 1. The number of hydrogen-bond donors (Lipinski definition) is 2. The van der Waals surface area contributed by atoms with Crippen LogP contribution < -0.4 is 4.74 Å². The van der Waals surface area contributed by atoms with Crippen molar-refractivity contribution in [2.24, 2.45) is 5.16 Å². The van der Waals surface area contributed by atoms with Crippen LogP contribution in [0.2, 0.25) is 0 Å². The van der Waals surface area contributed by atoms with Crippen molar-refractivity contribution in [2.75, 3.05) is 13.7 Å². The van der Waals surface area contributed by atoms with Gasteiger partial charge in [-0.1, -0.05) is 59.5 Å². The highest BCUT2D eigenvalue weighted by molar-refractivity contribution is 6.12. The Bertz CT molecular complexity index is 1140. The van der Waals surface area contributed by atoms with Crippen LogP contribution in [0.1, 0.15) is 35.1 Å². The van der Waals surface area contributed by atoms with Gasteiger partial charge in [0.05, 0.1) is 6.61 Å². The summed E-state index contributed by atoms with van der Waals surface area (Å²) in [6.07, 6.45) is 0.953. The molecule has 0 spiro atoms. The van der Waals surface area contributed by atoms with Gasteiger partial charge in [0.1, 0.15) is 11.5 Å². The molecule has 0 aliphatic heterocycles. The van der Waals surface area contributed by atoms with Crippen molar-refractivity contribution in [3.63, 3.8) is 0 Å². The van der Waals surface area contributed by atoms with Gasteiger partial charge in [-0.25, -0.2) is 4.79 Å². The van der Waals surface area contributed by atoms with E-state index in [4.69, 9.17) is 14.6 Å². The number of benzene rings is 3. The highest BCUT2D eigenvalue weighted by atomic mass is 16.5. The molecule has 34 heavy (non-hydrogen) atoms. The lowest BCUT2D eigenvalue weighted by atomic mass is 10.0. The first kappa shape index (κ1) is 24.6. The molecule has 6 heteroatoms. The molecule has 0 heterocycles. The summed E-state index contributed by atoms with van der Waals surface area (Å²) in [7, 11) is 1.39. The number of unbranched alkanes of at least 4 members (excludes halogenated alkanes) is 1. The molecule has 0 aliphatic rings. The summed E-state index contributed by atoms with van der Waals surface area (Å²) in [5.41, 5.74) is 3.92. The molecule has 0 aliphatic carbocycles. The second-order valence-corrected chi connectivity index (χ2v) is 7.56. The lowest BCUT2D eigenvalue weighted by Gasteiger charge is -2.10. The number of carboxylic acid groups (broad SMARTS) is 1. The van der Waals surface area contributed by atoms with Crippen molar-refractivity contribution >= 4 is 11.7 Å². The fraction of sp³-hybridized carbons (Fsp3) is 0.214. The molecule has 174 valence electrons. The normalized spacial score (nSPS) is 11.9. The summed E-state index contributed by atoms with van der Waals surface area (Å²) in [5, 5.41) is 21.9. The highest BCUT2D eigenvalue weighted by Gasteiger charge is 2.16. The SMILES string of the molecule is CO[C@@H](Cc1ccc(C#CCCCOc2ccc(/C(=N/O)c3ccccc3)cc2)cc1)C(=O)O. The first-order valence-electron chi connectivity index (χ1n) is 10.9. The van der Waals surface area contributed by atoms with E-state index in [-0.39, 0.29) is 0 Å². The molecule has 0 unspecified atom stereocenters. The molecule has 2 N–H and O–H groups in total. The number of nitrogens with zero attached hydrogens (tertiary/aromatic N) is 1. The Kier molecular flexibility index (Phi) is 9.27. The van der Waals surface area contributed by atoms with Crippen molar-refractivity contribution < 1.29 is 24.6 Å². The van der Waals surface area contributed by atoms with Crippen LogP contribution >= 0.6 is 0 Å². The Hall–Kier alpha value is -4.08. The van der Waals surface area contributed by atoms with Crippen molar-refractivity contribution in [2.45, 2.75) is 25.4 Å². The third-order valence-electron chi connectivity index (χ3n) is 5.16. The fourth-order valence-corrected chi connectivity index (χ4v) is 3.31. The molecule has 0 fully saturated rings. The van der Waals surface area contributed by atoms with Crippen molar-refractivity contribution in [1.82, 2.24) is 0 Å². The van der Waals surface area contributed by atoms with E-state index in [1.807, 2.05) is 78.9 Å². The average Bonchev–Trinajstić information content (AvgIpc) is 2.87. The molecular weight excluding hydrogens is 430 g/mol. The summed E-state index contributed by atoms with van der Waals surface area (Å²) in [6.45, 7) is 0.542. The maximum absolute atomic E-state index is 11.1. The third kappa shape index (κ3) is 7.22. The van der Waals surface area contributed by atoms with E-state index in [0.29, 0.717) is 25.2 Å². The predicted octanol–water partition coefficient (Wildman–Crippen LogP) is 4.77. The van der Waals surface area contributed by atoms with Gasteiger partial charge in [0.25, 0.3) is 0 Å². The van der Waals surface area contributed by atoms with E-state index < -0.39 is 12.1 Å². The van der Waals surface area contributed by atoms with Gasteiger partial charge in [-0.3, -0.25) is 0 Å². The van der Waals surface area contributed by atoms with Gasteiger partial charge in [-0.2, -0.15) is 0 Å². The van der Waals surface area contributed by atoms with Crippen molar-refractivity contribution in [3.8, 4) is 17.6 Å². The molecule has 6 nitrogen and oxygen atoms in total. The molecule has 3 rings (SSSR count). The number of rotatable bonds is 10. The van der Waals surface area contributed by atoms with Crippen LogP contribution in [0.3, 0.4) is 0 Å². The van der Waals surface area contributed by atoms with E-state index in [0.717, 1.165) is 34.4 Å². The Morgan fingerprint density at radius 3 is 2.26 bits per heavy atom. The molecule has 0 bridgehead atoms. The van der Waals surface area contributed by atoms with Crippen LogP contribution in [-0.4, -0.2) is 41.8 Å². The average molecular weight is 458 g/mol. The van der Waals surface area contributed by atoms with Crippen LogP contribution in [0, 0.1) is 11.8 Å². The number of hydrogen-bond acceptors (Lipinski definition) is 5. The summed E-state index contributed by atoms with van der Waals surface area (Å²) >= 11 is 0. The smallest absolute Gasteiger partial charge is 0.333 e. The molecule has 0 saturated carbocycles. The zero-order valence-corrected chi connectivity index (χ0v) is 19.0.